The van der Waals surface area contributed by atoms with Crippen LogP contribution >= 0.6 is 0 Å². The van der Waals surface area contributed by atoms with Gasteiger partial charge in [0.1, 0.15) is 0 Å². The minimum absolute atomic E-state index is 0.0347. The van der Waals surface area contributed by atoms with Gasteiger partial charge in [0.05, 0.1) is 12.5 Å². The zero-order valence-electron chi connectivity index (χ0n) is 14.0. The molecule has 0 atom stereocenters. The van der Waals surface area contributed by atoms with Crippen molar-refractivity contribution in [2.75, 3.05) is 19.7 Å². The first-order valence-corrected chi connectivity index (χ1v) is 9.22. The van der Waals surface area contributed by atoms with Crippen LogP contribution in [0, 0.1) is 5.92 Å². The molecule has 0 aromatic carbocycles. The summed E-state index contributed by atoms with van der Waals surface area (Å²) in [5.41, 5.74) is 0. The minimum Gasteiger partial charge on any atom is -0.465 e. The largest absolute Gasteiger partial charge is 0.465 e. The molecule has 0 bridgehead atoms. The smallest absolute Gasteiger partial charge is 0.309 e. The summed E-state index contributed by atoms with van der Waals surface area (Å²) in [5.74, 6) is 0.182. The van der Waals surface area contributed by atoms with Crippen molar-refractivity contribution >= 4 is 5.97 Å². The van der Waals surface area contributed by atoms with Crippen molar-refractivity contribution in [2.24, 2.45) is 5.92 Å². The highest BCUT2D eigenvalue weighted by atomic mass is 16.5. The van der Waals surface area contributed by atoms with E-state index in [1.54, 1.807) is 0 Å². The molecule has 3 nitrogen and oxygen atoms in total. The van der Waals surface area contributed by atoms with Crippen LogP contribution in [-0.2, 0) is 9.53 Å². The molecule has 0 spiro atoms. The molecule has 1 saturated heterocycles. The van der Waals surface area contributed by atoms with Crippen molar-refractivity contribution in [3.8, 4) is 0 Å². The van der Waals surface area contributed by atoms with Gasteiger partial charge in [0, 0.05) is 0 Å². The first-order valence-electron chi connectivity index (χ1n) is 9.22. The maximum atomic E-state index is 11.8. The van der Waals surface area contributed by atoms with E-state index in [1.165, 1.54) is 57.8 Å². The van der Waals surface area contributed by atoms with Gasteiger partial charge in [-0.1, -0.05) is 64.7 Å². The molecule has 0 unspecified atom stereocenters. The summed E-state index contributed by atoms with van der Waals surface area (Å²) in [6.45, 7) is 4.80. The predicted octanol–water partition coefficient (Wildman–Crippen LogP) is 4.45. The first kappa shape index (κ1) is 18.5. The molecule has 1 rings (SSSR count). The number of rotatable bonds is 12. The van der Waals surface area contributed by atoms with Crippen molar-refractivity contribution in [2.45, 2.75) is 84.0 Å². The Kier molecular flexibility index (Phi) is 11.5. The molecule has 0 amide bonds. The van der Waals surface area contributed by atoms with Gasteiger partial charge in [-0.3, -0.25) is 4.79 Å². The Bertz CT molecular complexity index is 250. The van der Waals surface area contributed by atoms with Crippen LogP contribution in [0.2, 0.25) is 0 Å². The summed E-state index contributed by atoms with van der Waals surface area (Å²) in [6, 6.07) is 0. The van der Waals surface area contributed by atoms with Gasteiger partial charge in [0.2, 0.25) is 0 Å². The summed E-state index contributed by atoms with van der Waals surface area (Å²) in [5, 5.41) is 3.27. The lowest BCUT2D eigenvalue weighted by Crippen LogP contribution is -2.32. The highest BCUT2D eigenvalue weighted by molar-refractivity contribution is 5.72. The number of hydrogen-bond donors (Lipinski definition) is 1. The lowest BCUT2D eigenvalue weighted by atomic mass is 9.98. The summed E-state index contributed by atoms with van der Waals surface area (Å²) in [4.78, 5) is 11.8. The standard InChI is InChI=1S/C18H35NO2/c1-2-3-4-5-6-7-8-9-10-11-16-21-18(20)17-12-14-19-15-13-17/h17,19H,2-16H2,1H3. The number of nitrogens with one attached hydrogen (secondary N) is 1. The van der Waals surface area contributed by atoms with Gasteiger partial charge in [-0.15, -0.1) is 0 Å². The maximum absolute atomic E-state index is 11.8. The highest BCUT2D eigenvalue weighted by Gasteiger charge is 2.21. The van der Waals surface area contributed by atoms with E-state index in [9.17, 15) is 4.79 Å². The second-order valence-corrected chi connectivity index (χ2v) is 6.37. The van der Waals surface area contributed by atoms with Crippen LogP contribution in [0.1, 0.15) is 84.0 Å². The van der Waals surface area contributed by atoms with E-state index in [0.29, 0.717) is 6.61 Å². The summed E-state index contributed by atoms with van der Waals surface area (Å²) >= 11 is 0. The number of hydrogen-bond acceptors (Lipinski definition) is 3. The molecule has 0 aromatic heterocycles. The summed E-state index contributed by atoms with van der Waals surface area (Å²) in [7, 11) is 0. The molecular weight excluding hydrogens is 262 g/mol. The molecule has 3 heteroatoms. The number of carbonyl (C=O) groups is 1. The Morgan fingerprint density at radius 2 is 1.43 bits per heavy atom. The molecular formula is C18H35NO2. The molecule has 124 valence electrons. The van der Waals surface area contributed by atoms with Gasteiger partial charge in [-0.05, 0) is 32.4 Å². The van der Waals surface area contributed by atoms with Gasteiger partial charge in [-0.2, -0.15) is 0 Å². The Labute approximate surface area is 131 Å². The van der Waals surface area contributed by atoms with E-state index in [4.69, 9.17) is 4.74 Å². The van der Waals surface area contributed by atoms with E-state index in [0.717, 1.165) is 32.4 Å². The van der Waals surface area contributed by atoms with Crippen molar-refractivity contribution < 1.29 is 9.53 Å². The second kappa shape index (κ2) is 13.1. The average molecular weight is 297 g/mol. The molecule has 0 aliphatic carbocycles. The Balaban J connectivity index is 1.80. The third-order valence-electron chi connectivity index (χ3n) is 4.41. The fraction of sp³-hybridized carbons (Fsp3) is 0.944. The number of ether oxygens (including phenoxy) is 1. The van der Waals surface area contributed by atoms with Crippen molar-refractivity contribution in [3.63, 3.8) is 0 Å². The third kappa shape index (κ3) is 9.89. The number of carbonyl (C=O) groups excluding carboxylic acids is 1. The van der Waals surface area contributed by atoms with Crippen LogP contribution in [0.25, 0.3) is 0 Å². The Morgan fingerprint density at radius 3 is 2.00 bits per heavy atom. The van der Waals surface area contributed by atoms with Crippen LogP contribution < -0.4 is 5.32 Å². The van der Waals surface area contributed by atoms with E-state index < -0.39 is 0 Å². The fourth-order valence-electron chi connectivity index (χ4n) is 2.94. The van der Waals surface area contributed by atoms with Crippen LogP contribution in [0.4, 0.5) is 0 Å². The normalized spacial score (nSPS) is 16.0. The van der Waals surface area contributed by atoms with Crippen molar-refractivity contribution in [1.82, 2.24) is 5.32 Å². The van der Waals surface area contributed by atoms with E-state index >= 15 is 0 Å². The van der Waals surface area contributed by atoms with Gasteiger partial charge in [0.15, 0.2) is 0 Å². The van der Waals surface area contributed by atoms with E-state index in [1.807, 2.05) is 0 Å². The van der Waals surface area contributed by atoms with Gasteiger partial charge >= 0.3 is 5.97 Å². The number of piperidine rings is 1. The zero-order chi connectivity index (χ0) is 15.2. The Hall–Kier alpha value is -0.570. The summed E-state index contributed by atoms with van der Waals surface area (Å²) in [6.07, 6.45) is 15.1. The quantitative estimate of drug-likeness (QED) is 0.427. The SMILES string of the molecule is CCCCCCCCCCCCOC(=O)C1CCNCC1. The average Bonchev–Trinajstić information content (AvgIpc) is 2.53. The molecule has 0 saturated carbocycles. The van der Waals surface area contributed by atoms with Gasteiger partial charge in [-0.25, -0.2) is 0 Å². The molecule has 0 aromatic rings. The third-order valence-corrected chi connectivity index (χ3v) is 4.41. The Morgan fingerprint density at radius 1 is 0.905 bits per heavy atom. The van der Waals surface area contributed by atoms with Gasteiger partial charge < -0.3 is 10.1 Å². The highest BCUT2D eigenvalue weighted by Crippen LogP contribution is 2.14. The molecule has 1 fully saturated rings. The van der Waals surface area contributed by atoms with Crippen LogP contribution in [0.3, 0.4) is 0 Å². The second-order valence-electron chi connectivity index (χ2n) is 6.37. The lowest BCUT2D eigenvalue weighted by molar-refractivity contribution is -0.149. The minimum atomic E-state index is 0.0347. The predicted molar refractivity (Wildman–Crippen MR) is 88.4 cm³/mol. The molecule has 1 aliphatic heterocycles. The molecule has 21 heavy (non-hydrogen) atoms. The maximum Gasteiger partial charge on any atom is 0.309 e. The number of unbranched alkanes of at least 4 members (excludes halogenated alkanes) is 9. The molecule has 1 heterocycles. The zero-order valence-corrected chi connectivity index (χ0v) is 14.0. The summed E-state index contributed by atoms with van der Waals surface area (Å²) < 4.78 is 5.39. The van der Waals surface area contributed by atoms with Crippen LogP contribution in [0.5, 0.6) is 0 Å². The van der Waals surface area contributed by atoms with Crippen molar-refractivity contribution in [1.29, 1.82) is 0 Å². The van der Waals surface area contributed by atoms with E-state index in [2.05, 4.69) is 12.2 Å². The molecule has 1 N–H and O–H groups in total. The van der Waals surface area contributed by atoms with Crippen molar-refractivity contribution in [3.05, 3.63) is 0 Å². The topological polar surface area (TPSA) is 38.3 Å². The first-order chi connectivity index (χ1) is 10.3. The fourth-order valence-corrected chi connectivity index (χ4v) is 2.94. The molecule has 0 radical (unpaired) electrons. The van der Waals surface area contributed by atoms with Crippen LogP contribution in [0.15, 0.2) is 0 Å². The lowest BCUT2D eigenvalue weighted by Gasteiger charge is -2.20. The van der Waals surface area contributed by atoms with E-state index in [-0.39, 0.29) is 11.9 Å². The monoisotopic (exact) mass is 297 g/mol. The number of esters is 1. The van der Waals surface area contributed by atoms with Crippen LogP contribution in [-0.4, -0.2) is 25.7 Å². The van der Waals surface area contributed by atoms with Gasteiger partial charge in [0.25, 0.3) is 0 Å². The molecule has 1 aliphatic rings.